The zero-order valence-corrected chi connectivity index (χ0v) is 13.2. The molecule has 2 aromatic rings. The first-order chi connectivity index (χ1) is 11.7. The Morgan fingerprint density at radius 1 is 1.17 bits per heavy atom. The van der Waals surface area contributed by atoms with Crippen molar-refractivity contribution >= 4 is 17.9 Å². The van der Waals surface area contributed by atoms with E-state index in [1.165, 1.54) is 0 Å². The molecule has 0 unspecified atom stereocenters. The van der Waals surface area contributed by atoms with E-state index in [9.17, 15) is 9.59 Å². The van der Waals surface area contributed by atoms with Crippen LogP contribution in [0.1, 0.15) is 17.3 Å². The first kappa shape index (κ1) is 15.9. The van der Waals surface area contributed by atoms with Crippen molar-refractivity contribution in [2.45, 2.75) is 13.0 Å². The third-order valence-corrected chi connectivity index (χ3v) is 3.53. The average molecular weight is 327 g/mol. The third-order valence-electron chi connectivity index (χ3n) is 3.53. The van der Waals surface area contributed by atoms with Gasteiger partial charge in [0.15, 0.2) is 23.9 Å². The van der Waals surface area contributed by atoms with Crippen LogP contribution < -0.4 is 19.5 Å². The number of hydrogen-bond acceptors (Lipinski definition) is 5. The van der Waals surface area contributed by atoms with Crippen molar-refractivity contribution < 1.29 is 23.8 Å². The number of ether oxygens (including phenoxy) is 3. The number of amides is 1. The van der Waals surface area contributed by atoms with Crippen LogP contribution in [0.3, 0.4) is 0 Å². The van der Waals surface area contributed by atoms with Gasteiger partial charge in [-0.1, -0.05) is 12.1 Å². The number of anilines is 1. The first-order valence-electron chi connectivity index (χ1n) is 7.59. The van der Waals surface area contributed by atoms with Gasteiger partial charge in [-0.25, -0.2) is 0 Å². The Morgan fingerprint density at radius 2 is 1.92 bits per heavy atom. The van der Waals surface area contributed by atoms with Gasteiger partial charge in [0.05, 0.1) is 5.56 Å². The number of benzene rings is 2. The van der Waals surface area contributed by atoms with Crippen LogP contribution in [-0.2, 0) is 4.79 Å². The quantitative estimate of drug-likeness (QED) is 0.855. The highest BCUT2D eigenvalue weighted by atomic mass is 16.6. The Kier molecular flexibility index (Phi) is 4.65. The summed E-state index contributed by atoms with van der Waals surface area (Å²) in [4.78, 5) is 23.3. The highest BCUT2D eigenvalue weighted by Crippen LogP contribution is 2.32. The second-order valence-corrected chi connectivity index (χ2v) is 5.26. The molecule has 0 saturated carbocycles. The number of carbonyl (C=O) groups excluding carboxylic acids is 2. The number of aldehydes is 1. The molecule has 3 rings (SSSR count). The summed E-state index contributed by atoms with van der Waals surface area (Å²) in [6.07, 6.45) is -0.0693. The van der Waals surface area contributed by atoms with Crippen molar-refractivity contribution in [3.05, 3.63) is 48.0 Å². The van der Waals surface area contributed by atoms with Crippen molar-refractivity contribution in [1.29, 1.82) is 0 Å². The number of nitrogens with one attached hydrogen (secondary N) is 1. The minimum atomic E-state index is -0.765. The molecule has 0 saturated heterocycles. The third kappa shape index (κ3) is 3.48. The van der Waals surface area contributed by atoms with Gasteiger partial charge in [0.25, 0.3) is 5.91 Å². The molecular formula is C18H17NO5. The molecular weight excluding hydrogens is 310 g/mol. The van der Waals surface area contributed by atoms with Gasteiger partial charge in [-0.05, 0) is 31.2 Å². The molecule has 6 heteroatoms. The molecule has 24 heavy (non-hydrogen) atoms. The molecule has 1 N–H and O–H groups in total. The summed E-state index contributed by atoms with van der Waals surface area (Å²) >= 11 is 0. The molecule has 1 aliphatic rings. The number of hydrogen-bond donors (Lipinski definition) is 1. The Balaban J connectivity index is 1.67. The molecule has 0 bridgehead atoms. The minimum Gasteiger partial charge on any atom is -0.486 e. The standard InChI is InChI=1S/C18H17NO5/c1-12(24-15-5-3-2-4-13(15)11-20)18(21)19-14-6-7-16-17(10-14)23-9-8-22-16/h2-7,10-12H,8-9H2,1H3,(H,19,21)/t12-/m0/s1. The maximum atomic E-state index is 12.3. The second kappa shape index (κ2) is 7.04. The van der Waals surface area contributed by atoms with Crippen LogP contribution in [0.4, 0.5) is 5.69 Å². The van der Waals surface area contributed by atoms with Crippen molar-refractivity contribution in [2.75, 3.05) is 18.5 Å². The molecule has 2 aromatic carbocycles. The Bertz CT molecular complexity index is 759. The van der Waals surface area contributed by atoms with Crippen LogP contribution in [0.5, 0.6) is 17.2 Å². The normalized spacial score (nSPS) is 13.7. The fourth-order valence-electron chi connectivity index (χ4n) is 2.29. The van der Waals surface area contributed by atoms with Crippen LogP contribution in [-0.4, -0.2) is 31.5 Å². The molecule has 0 radical (unpaired) electrons. The van der Waals surface area contributed by atoms with Gasteiger partial charge in [0, 0.05) is 11.8 Å². The van der Waals surface area contributed by atoms with E-state index in [0.29, 0.717) is 48.0 Å². The lowest BCUT2D eigenvalue weighted by Gasteiger charge is -2.20. The lowest BCUT2D eigenvalue weighted by Crippen LogP contribution is -2.30. The molecule has 0 aliphatic carbocycles. The predicted molar refractivity (Wildman–Crippen MR) is 88.0 cm³/mol. The number of carbonyl (C=O) groups is 2. The summed E-state index contributed by atoms with van der Waals surface area (Å²) in [7, 11) is 0. The maximum absolute atomic E-state index is 12.3. The summed E-state index contributed by atoms with van der Waals surface area (Å²) < 4.78 is 16.5. The largest absolute Gasteiger partial charge is 0.486 e. The smallest absolute Gasteiger partial charge is 0.265 e. The van der Waals surface area contributed by atoms with E-state index in [0.717, 1.165) is 0 Å². The van der Waals surface area contributed by atoms with Crippen LogP contribution in [0, 0.1) is 0 Å². The number of para-hydroxylation sites is 1. The molecule has 1 amide bonds. The van der Waals surface area contributed by atoms with Crippen LogP contribution in [0.25, 0.3) is 0 Å². The molecule has 0 fully saturated rings. The Morgan fingerprint density at radius 3 is 2.71 bits per heavy atom. The lowest BCUT2D eigenvalue weighted by atomic mass is 10.2. The fourth-order valence-corrected chi connectivity index (χ4v) is 2.29. The topological polar surface area (TPSA) is 73.9 Å². The van der Waals surface area contributed by atoms with Crippen LogP contribution >= 0.6 is 0 Å². The van der Waals surface area contributed by atoms with Crippen LogP contribution in [0.15, 0.2) is 42.5 Å². The van der Waals surface area contributed by atoms with Gasteiger partial charge in [-0.15, -0.1) is 0 Å². The fraction of sp³-hybridized carbons (Fsp3) is 0.222. The monoisotopic (exact) mass is 327 g/mol. The predicted octanol–water partition coefficient (Wildman–Crippen LogP) is 2.68. The SMILES string of the molecule is C[C@H](Oc1ccccc1C=O)C(=O)Nc1ccc2c(c1)OCCO2. The van der Waals surface area contributed by atoms with E-state index in [4.69, 9.17) is 14.2 Å². The summed E-state index contributed by atoms with van der Waals surface area (Å²) in [5, 5.41) is 2.76. The first-order valence-corrected chi connectivity index (χ1v) is 7.59. The van der Waals surface area contributed by atoms with E-state index in [1.807, 2.05) is 0 Å². The van der Waals surface area contributed by atoms with E-state index >= 15 is 0 Å². The van der Waals surface area contributed by atoms with Gasteiger partial charge in [0.1, 0.15) is 19.0 Å². The van der Waals surface area contributed by atoms with E-state index in [2.05, 4.69) is 5.32 Å². The number of fused-ring (bicyclic) bond motifs is 1. The van der Waals surface area contributed by atoms with Gasteiger partial charge in [-0.3, -0.25) is 9.59 Å². The molecule has 6 nitrogen and oxygen atoms in total. The summed E-state index contributed by atoms with van der Waals surface area (Å²) in [6.45, 7) is 2.61. The minimum absolute atomic E-state index is 0.327. The van der Waals surface area contributed by atoms with Crippen molar-refractivity contribution in [2.24, 2.45) is 0 Å². The van der Waals surface area contributed by atoms with E-state index in [-0.39, 0.29) is 5.91 Å². The van der Waals surface area contributed by atoms with E-state index in [1.54, 1.807) is 49.4 Å². The zero-order valence-electron chi connectivity index (χ0n) is 13.2. The Hall–Kier alpha value is -3.02. The lowest BCUT2D eigenvalue weighted by molar-refractivity contribution is -0.122. The van der Waals surface area contributed by atoms with E-state index < -0.39 is 6.10 Å². The molecule has 1 heterocycles. The average Bonchev–Trinajstić information content (AvgIpc) is 2.62. The number of rotatable bonds is 5. The second-order valence-electron chi connectivity index (χ2n) is 5.26. The highest BCUT2D eigenvalue weighted by molar-refractivity contribution is 5.94. The molecule has 1 aliphatic heterocycles. The van der Waals surface area contributed by atoms with Gasteiger partial charge in [-0.2, -0.15) is 0 Å². The van der Waals surface area contributed by atoms with Gasteiger partial charge >= 0.3 is 0 Å². The molecule has 124 valence electrons. The maximum Gasteiger partial charge on any atom is 0.265 e. The van der Waals surface area contributed by atoms with Crippen LogP contribution in [0.2, 0.25) is 0 Å². The summed E-state index contributed by atoms with van der Waals surface area (Å²) in [6, 6.07) is 11.9. The Labute approximate surface area is 139 Å². The van der Waals surface area contributed by atoms with Gasteiger partial charge < -0.3 is 19.5 Å². The summed E-state index contributed by atoms with van der Waals surface area (Å²) in [5.74, 6) is 1.30. The molecule has 1 atom stereocenters. The van der Waals surface area contributed by atoms with Crippen molar-refractivity contribution in [3.63, 3.8) is 0 Å². The zero-order chi connectivity index (χ0) is 16.9. The van der Waals surface area contributed by atoms with Crippen molar-refractivity contribution in [3.8, 4) is 17.2 Å². The summed E-state index contributed by atoms with van der Waals surface area (Å²) in [5.41, 5.74) is 0.986. The molecule has 0 spiro atoms. The van der Waals surface area contributed by atoms with Crippen molar-refractivity contribution in [1.82, 2.24) is 0 Å². The highest BCUT2D eigenvalue weighted by Gasteiger charge is 2.18. The van der Waals surface area contributed by atoms with Gasteiger partial charge in [0.2, 0.25) is 0 Å². The molecule has 0 aromatic heterocycles.